The van der Waals surface area contributed by atoms with E-state index in [4.69, 9.17) is 10.5 Å². The fourth-order valence-electron chi connectivity index (χ4n) is 1.79. The van der Waals surface area contributed by atoms with Gasteiger partial charge in [-0.15, -0.1) is 0 Å². The molecule has 0 aliphatic rings. The molecule has 0 aliphatic heterocycles. The molecule has 0 atom stereocenters. The highest BCUT2D eigenvalue weighted by atomic mass is 19.1. The van der Waals surface area contributed by atoms with Crippen molar-refractivity contribution in [3.8, 4) is 5.75 Å². The maximum Gasteiger partial charge on any atom is 0.196 e. The molecule has 3 nitrogen and oxygen atoms in total. The molecule has 0 radical (unpaired) electrons. The van der Waals surface area contributed by atoms with E-state index in [1.54, 1.807) is 18.2 Å². The molecule has 0 aliphatic carbocycles. The summed E-state index contributed by atoms with van der Waals surface area (Å²) in [7, 11) is 1.44. The number of aryl methyl sites for hydroxylation is 1. The Bertz CT molecular complexity index is 638. The summed E-state index contributed by atoms with van der Waals surface area (Å²) in [6, 6.07) is 8.85. The van der Waals surface area contributed by atoms with E-state index in [-0.39, 0.29) is 11.3 Å². The van der Waals surface area contributed by atoms with E-state index in [1.807, 2.05) is 6.92 Å². The van der Waals surface area contributed by atoms with Gasteiger partial charge in [0.15, 0.2) is 5.78 Å². The predicted molar refractivity (Wildman–Crippen MR) is 72.0 cm³/mol. The highest BCUT2D eigenvalue weighted by molar-refractivity contribution is 6.11. The van der Waals surface area contributed by atoms with Crippen LogP contribution in [0.5, 0.6) is 5.75 Å². The van der Waals surface area contributed by atoms with Crippen molar-refractivity contribution in [3.05, 3.63) is 58.9 Å². The molecular formula is C15H14FNO2. The van der Waals surface area contributed by atoms with E-state index >= 15 is 0 Å². The Balaban J connectivity index is 2.49. The molecule has 0 saturated heterocycles. The molecule has 0 fully saturated rings. The lowest BCUT2D eigenvalue weighted by atomic mass is 10.0. The largest absolute Gasteiger partial charge is 0.496 e. The first-order chi connectivity index (χ1) is 9.02. The van der Waals surface area contributed by atoms with Gasteiger partial charge < -0.3 is 10.5 Å². The number of nitrogen functional groups attached to an aromatic ring is 1. The number of hydrogen-bond acceptors (Lipinski definition) is 3. The van der Waals surface area contributed by atoms with Crippen LogP contribution in [-0.2, 0) is 0 Å². The van der Waals surface area contributed by atoms with Gasteiger partial charge in [-0.1, -0.05) is 12.1 Å². The molecule has 2 aromatic rings. The van der Waals surface area contributed by atoms with Crippen LogP contribution in [0.3, 0.4) is 0 Å². The van der Waals surface area contributed by atoms with Crippen molar-refractivity contribution in [1.82, 2.24) is 0 Å². The van der Waals surface area contributed by atoms with Gasteiger partial charge in [-0.05, 0) is 36.8 Å². The summed E-state index contributed by atoms with van der Waals surface area (Å²) in [5, 5.41) is 0. The molecule has 2 N–H and O–H groups in total. The zero-order valence-corrected chi connectivity index (χ0v) is 10.7. The Labute approximate surface area is 110 Å². The van der Waals surface area contributed by atoms with Crippen molar-refractivity contribution >= 4 is 11.5 Å². The second-order valence-corrected chi connectivity index (χ2v) is 4.25. The smallest absolute Gasteiger partial charge is 0.196 e. The van der Waals surface area contributed by atoms with Crippen molar-refractivity contribution in [3.63, 3.8) is 0 Å². The minimum absolute atomic E-state index is 0.186. The third kappa shape index (κ3) is 2.57. The Morgan fingerprint density at radius 1 is 1.21 bits per heavy atom. The minimum atomic E-state index is -0.482. The average molecular weight is 259 g/mol. The van der Waals surface area contributed by atoms with E-state index in [9.17, 15) is 9.18 Å². The van der Waals surface area contributed by atoms with Gasteiger partial charge in [0, 0.05) is 11.3 Å². The second-order valence-electron chi connectivity index (χ2n) is 4.25. The zero-order chi connectivity index (χ0) is 14.0. The molecule has 98 valence electrons. The van der Waals surface area contributed by atoms with E-state index < -0.39 is 5.82 Å². The van der Waals surface area contributed by atoms with E-state index in [2.05, 4.69) is 0 Å². The van der Waals surface area contributed by atoms with Crippen molar-refractivity contribution in [1.29, 1.82) is 0 Å². The van der Waals surface area contributed by atoms with Crippen molar-refractivity contribution in [2.24, 2.45) is 0 Å². The van der Waals surface area contributed by atoms with Crippen molar-refractivity contribution in [2.45, 2.75) is 6.92 Å². The third-order valence-electron chi connectivity index (χ3n) is 2.95. The quantitative estimate of drug-likeness (QED) is 0.681. The van der Waals surface area contributed by atoms with Crippen LogP contribution in [0.2, 0.25) is 0 Å². The van der Waals surface area contributed by atoms with Gasteiger partial charge in [0.05, 0.1) is 12.7 Å². The fourth-order valence-corrected chi connectivity index (χ4v) is 1.79. The summed E-state index contributed by atoms with van der Waals surface area (Å²) >= 11 is 0. The number of rotatable bonds is 3. The molecule has 0 saturated carbocycles. The summed E-state index contributed by atoms with van der Waals surface area (Å²) in [5.74, 6) is -0.460. The van der Waals surface area contributed by atoms with Gasteiger partial charge in [0.2, 0.25) is 0 Å². The van der Waals surface area contributed by atoms with Gasteiger partial charge in [-0.2, -0.15) is 0 Å². The molecule has 0 bridgehead atoms. The van der Waals surface area contributed by atoms with Gasteiger partial charge in [-0.25, -0.2) is 4.39 Å². The van der Waals surface area contributed by atoms with Gasteiger partial charge in [-0.3, -0.25) is 4.79 Å². The number of benzene rings is 2. The minimum Gasteiger partial charge on any atom is -0.496 e. The number of ether oxygens (including phenoxy) is 1. The van der Waals surface area contributed by atoms with E-state index in [1.165, 1.54) is 19.2 Å². The van der Waals surface area contributed by atoms with Crippen LogP contribution in [0.4, 0.5) is 10.1 Å². The second kappa shape index (κ2) is 5.10. The molecule has 19 heavy (non-hydrogen) atoms. The number of hydrogen-bond donors (Lipinski definition) is 1. The van der Waals surface area contributed by atoms with Gasteiger partial charge in [0.1, 0.15) is 11.6 Å². The lowest BCUT2D eigenvalue weighted by Gasteiger charge is -2.09. The number of halogens is 1. The molecule has 4 heteroatoms. The lowest BCUT2D eigenvalue weighted by molar-refractivity contribution is 0.103. The molecular weight excluding hydrogens is 245 g/mol. The Hall–Kier alpha value is -2.36. The first-order valence-corrected chi connectivity index (χ1v) is 5.77. The number of anilines is 1. The van der Waals surface area contributed by atoms with Crippen molar-refractivity contribution in [2.75, 3.05) is 12.8 Å². The van der Waals surface area contributed by atoms with Crippen LogP contribution in [0.1, 0.15) is 21.5 Å². The molecule has 0 unspecified atom stereocenters. The zero-order valence-electron chi connectivity index (χ0n) is 10.7. The Morgan fingerprint density at radius 3 is 2.58 bits per heavy atom. The average Bonchev–Trinajstić information content (AvgIpc) is 2.41. The standard InChI is InChI=1S/C15H14FNO2/c1-9-3-4-10(7-13(9)17)15(18)12-8-11(16)5-6-14(12)19-2/h3-8H,17H2,1-2H3. The number of nitrogens with two attached hydrogens (primary N) is 1. The summed E-state index contributed by atoms with van der Waals surface area (Å²) in [6.07, 6.45) is 0. The molecule has 0 heterocycles. The summed E-state index contributed by atoms with van der Waals surface area (Å²) in [4.78, 5) is 12.3. The maximum absolute atomic E-state index is 13.3. The SMILES string of the molecule is COc1ccc(F)cc1C(=O)c1ccc(C)c(N)c1. The first kappa shape index (κ1) is 13.1. The van der Waals surface area contributed by atoms with Gasteiger partial charge in [0.25, 0.3) is 0 Å². The Kier molecular flexibility index (Phi) is 3.51. The molecule has 2 rings (SSSR count). The van der Waals surface area contributed by atoms with Crippen LogP contribution in [0.25, 0.3) is 0 Å². The van der Waals surface area contributed by atoms with Crippen molar-refractivity contribution < 1.29 is 13.9 Å². The monoisotopic (exact) mass is 259 g/mol. The maximum atomic E-state index is 13.3. The highest BCUT2D eigenvalue weighted by Gasteiger charge is 2.16. The number of methoxy groups -OCH3 is 1. The van der Waals surface area contributed by atoms with Crippen LogP contribution >= 0.6 is 0 Å². The predicted octanol–water partition coefficient (Wildman–Crippen LogP) is 2.96. The summed E-state index contributed by atoms with van der Waals surface area (Å²) in [6.45, 7) is 1.85. The lowest BCUT2D eigenvalue weighted by Crippen LogP contribution is -2.05. The third-order valence-corrected chi connectivity index (χ3v) is 2.95. The van der Waals surface area contributed by atoms with Crippen LogP contribution in [-0.4, -0.2) is 12.9 Å². The van der Waals surface area contributed by atoms with Crippen LogP contribution < -0.4 is 10.5 Å². The number of ketones is 1. The summed E-state index contributed by atoms with van der Waals surface area (Å²) in [5.41, 5.74) is 7.79. The topological polar surface area (TPSA) is 52.3 Å². The number of carbonyl (C=O) groups is 1. The first-order valence-electron chi connectivity index (χ1n) is 5.77. The number of carbonyl (C=O) groups excluding carboxylic acids is 1. The van der Waals surface area contributed by atoms with Crippen LogP contribution in [0.15, 0.2) is 36.4 Å². The Morgan fingerprint density at radius 2 is 1.95 bits per heavy atom. The molecule has 0 aromatic heterocycles. The van der Waals surface area contributed by atoms with E-state index in [0.717, 1.165) is 11.6 Å². The van der Waals surface area contributed by atoms with Gasteiger partial charge >= 0.3 is 0 Å². The summed E-state index contributed by atoms with van der Waals surface area (Å²) < 4.78 is 18.3. The van der Waals surface area contributed by atoms with E-state index in [0.29, 0.717) is 17.0 Å². The molecule has 0 spiro atoms. The fraction of sp³-hybridized carbons (Fsp3) is 0.133. The van der Waals surface area contributed by atoms with Crippen LogP contribution in [0, 0.1) is 12.7 Å². The molecule has 2 aromatic carbocycles. The molecule has 0 amide bonds. The normalized spacial score (nSPS) is 10.3. The highest BCUT2D eigenvalue weighted by Crippen LogP contribution is 2.24.